The molecule has 4 atom stereocenters. The van der Waals surface area contributed by atoms with Crippen molar-refractivity contribution in [1.29, 1.82) is 0 Å². The van der Waals surface area contributed by atoms with Crippen LogP contribution in [-0.4, -0.2) is 43.5 Å². The Hall–Kier alpha value is -2.61. The lowest BCUT2D eigenvalue weighted by molar-refractivity contribution is -0.127. The van der Waals surface area contributed by atoms with Crippen LogP contribution in [0.2, 0.25) is 0 Å². The molecule has 7 nitrogen and oxygen atoms in total. The van der Waals surface area contributed by atoms with Crippen molar-refractivity contribution in [2.24, 2.45) is 29.4 Å². The monoisotopic (exact) mass is 527 g/mol. The second kappa shape index (κ2) is 16.4. The van der Waals surface area contributed by atoms with Gasteiger partial charge in [0.25, 0.3) is 0 Å². The molecule has 0 radical (unpaired) electrons. The maximum Gasteiger partial charge on any atom is 0.223 e. The molecule has 0 saturated heterocycles. The number of nitrogens with one attached hydrogen (secondary N) is 1. The summed E-state index contributed by atoms with van der Waals surface area (Å²) < 4.78 is 11.0. The minimum atomic E-state index is -0.766. The van der Waals surface area contributed by atoms with Crippen molar-refractivity contribution < 1.29 is 19.4 Å². The van der Waals surface area contributed by atoms with Gasteiger partial charge in [-0.15, -0.1) is 0 Å². The van der Waals surface area contributed by atoms with Gasteiger partial charge >= 0.3 is 0 Å². The van der Waals surface area contributed by atoms with E-state index in [0.717, 1.165) is 24.0 Å². The highest BCUT2D eigenvalue weighted by Gasteiger charge is 2.29. The minimum absolute atomic E-state index is 0.0459. The highest BCUT2D eigenvalue weighted by atomic mass is 16.5. The largest absolute Gasteiger partial charge is 0.491 e. The van der Waals surface area contributed by atoms with Gasteiger partial charge in [0.05, 0.1) is 18.4 Å². The van der Waals surface area contributed by atoms with E-state index < -0.39 is 12.1 Å². The molecule has 2 rings (SSSR count). The van der Waals surface area contributed by atoms with Gasteiger partial charge in [0, 0.05) is 38.6 Å². The maximum atomic E-state index is 13.0. The molecular formula is C31H49N3O4. The Labute approximate surface area is 229 Å². The number of ether oxygens (including phenoxy) is 2. The van der Waals surface area contributed by atoms with E-state index in [2.05, 4.69) is 19.2 Å². The first-order chi connectivity index (χ1) is 18.1. The molecule has 6 N–H and O–H groups in total. The molecule has 0 spiro atoms. The number of methoxy groups -OCH3 is 1. The third-order valence-electron chi connectivity index (χ3n) is 7.28. The fourth-order valence-corrected chi connectivity index (χ4v) is 4.65. The molecule has 0 bridgehead atoms. The van der Waals surface area contributed by atoms with Gasteiger partial charge in [0.2, 0.25) is 5.91 Å². The first-order valence-corrected chi connectivity index (χ1v) is 13.9. The molecule has 0 unspecified atom stereocenters. The topological polar surface area (TPSA) is 120 Å². The molecule has 0 aliphatic carbocycles. The Morgan fingerprint density at radius 2 is 1.68 bits per heavy atom. The predicted molar refractivity (Wildman–Crippen MR) is 155 cm³/mol. The Morgan fingerprint density at radius 3 is 2.32 bits per heavy atom. The zero-order chi connectivity index (χ0) is 28.1. The van der Waals surface area contributed by atoms with Crippen molar-refractivity contribution >= 4 is 11.6 Å². The summed E-state index contributed by atoms with van der Waals surface area (Å²) in [5.41, 5.74) is 15.4. The molecule has 1 amide bonds. The predicted octanol–water partition coefficient (Wildman–Crippen LogP) is 4.56. The smallest absolute Gasteiger partial charge is 0.223 e. The molecule has 212 valence electrons. The molecule has 0 fully saturated rings. The van der Waals surface area contributed by atoms with Crippen LogP contribution >= 0.6 is 0 Å². The minimum Gasteiger partial charge on any atom is -0.491 e. The summed E-state index contributed by atoms with van der Waals surface area (Å²) in [7, 11) is 1.67. The second-order valence-corrected chi connectivity index (χ2v) is 11.0. The van der Waals surface area contributed by atoms with E-state index in [1.54, 1.807) is 7.11 Å². The highest BCUT2D eigenvalue weighted by Crippen LogP contribution is 2.29. The van der Waals surface area contributed by atoms with Crippen molar-refractivity contribution in [3.05, 3.63) is 59.7 Å². The van der Waals surface area contributed by atoms with Gasteiger partial charge in [-0.05, 0) is 60.3 Å². The summed E-state index contributed by atoms with van der Waals surface area (Å²) >= 11 is 0. The van der Waals surface area contributed by atoms with Gasteiger partial charge in [-0.3, -0.25) is 4.79 Å². The lowest BCUT2D eigenvalue weighted by Crippen LogP contribution is -2.42. The summed E-state index contributed by atoms with van der Waals surface area (Å²) in [6, 6.07) is 15.3. The Kier molecular flexibility index (Phi) is 13.6. The number of carbonyl (C=O) groups excluding carboxylic acids is 1. The number of aliphatic hydroxyl groups excluding tert-OH is 1. The van der Waals surface area contributed by atoms with E-state index in [9.17, 15) is 9.90 Å². The third kappa shape index (κ3) is 10.6. The molecule has 7 heteroatoms. The summed E-state index contributed by atoms with van der Waals surface area (Å²) in [6.07, 6.45) is 1.83. The fourth-order valence-electron chi connectivity index (χ4n) is 4.65. The number of nitrogens with two attached hydrogens (primary N) is 2. The molecule has 38 heavy (non-hydrogen) atoms. The van der Waals surface area contributed by atoms with Gasteiger partial charge in [-0.2, -0.15) is 0 Å². The van der Waals surface area contributed by atoms with Crippen molar-refractivity contribution in [1.82, 2.24) is 5.32 Å². The lowest BCUT2D eigenvalue weighted by atomic mass is 9.80. The van der Waals surface area contributed by atoms with Crippen molar-refractivity contribution in [2.45, 2.75) is 72.1 Å². The Balaban J connectivity index is 1.97. The van der Waals surface area contributed by atoms with Crippen LogP contribution in [-0.2, 0) is 22.5 Å². The molecule has 0 aromatic heterocycles. The summed E-state index contributed by atoms with van der Waals surface area (Å²) in [5, 5.41) is 14.1. The first-order valence-electron chi connectivity index (χ1n) is 13.9. The number of rotatable bonds is 17. The summed E-state index contributed by atoms with van der Waals surface area (Å²) in [6.45, 7) is 10.0. The van der Waals surface area contributed by atoms with E-state index in [0.29, 0.717) is 50.0 Å². The zero-order valence-electron chi connectivity index (χ0n) is 23.9. The number of nitrogen functional groups attached to an aromatic ring is 1. The quantitative estimate of drug-likeness (QED) is 0.177. The standard InChI is InChI=1S/C31H49N3O4/c1-21(2)25(16-24-12-13-27(32)30(17-24)38-15-9-14-37-5)18-28(33)29(35)19-26(22(3)4)31(36)34-20-23-10-7-6-8-11-23/h6-8,10-13,17,21-22,25-26,28-29,35H,9,14-16,18-20,32-33H2,1-5H3,(H,34,36)/t25-,26-,28-,29-/m0/s1. The van der Waals surface area contributed by atoms with Crippen LogP contribution < -0.4 is 21.5 Å². The van der Waals surface area contributed by atoms with Crippen LogP contribution in [0.1, 0.15) is 58.1 Å². The van der Waals surface area contributed by atoms with E-state index in [4.69, 9.17) is 20.9 Å². The van der Waals surface area contributed by atoms with Crippen LogP contribution in [0.15, 0.2) is 48.5 Å². The van der Waals surface area contributed by atoms with Gasteiger partial charge in [0.15, 0.2) is 0 Å². The molecule has 0 heterocycles. The number of hydrogen-bond acceptors (Lipinski definition) is 6. The number of carbonyl (C=O) groups is 1. The highest BCUT2D eigenvalue weighted by molar-refractivity contribution is 5.78. The summed E-state index contributed by atoms with van der Waals surface area (Å²) in [5.74, 6) is 1.04. The Morgan fingerprint density at radius 1 is 0.974 bits per heavy atom. The van der Waals surface area contributed by atoms with Gasteiger partial charge in [-0.25, -0.2) is 0 Å². The maximum absolute atomic E-state index is 13.0. The van der Waals surface area contributed by atoms with E-state index in [-0.39, 0.29) is 23.7 Å². The number of anilines is 1. The van der Waals surface area contributed by atoms with Crippen LogP contribution in [0.4, 0.5) is 5.69 Å². The molecule has 0 saturated carbocycles. The first kappa shape index (κ1) is 31.6. The van der Waals surface area contributed by atoms with Crippen molar-refractivity contribution in [3.63, 3.8) is 0 Å². The normalized spacial score (nSPS) is 14.8. The third-order valence-corrected chi connectivity index (χ3v) is 7.28. The Bertz CT molecular complexity index is 951. The van der Waals surface area contributed by atoms with Crippen LogP contribution in [0.3, 0.4) is 0 Å². The molecule has 0 aliphatic heterocycles. The van der Waals surface area contributed by atoms with Crippen molar-refractivity contribution in [3.8, 4) is 5.75 Å². The van der Waals surface area contributed by atoms with E-state index in [1.807, 2.05) is 62.4 Å². The zero-order valence-corrected chi connectivity index (χ0v) is 23.9. The fraction of sp³-hybridized carbons (Fsp3) is 0.581. The van der Waals surface area contributed by atoms with E-state index in [1.165, 1.54) is 0 Å². The van der Waals surface area contributed by atoms with Gasteiger partial charge < -0.3 is 31.4 Å². The van der Waals surface area contributed by atoms with Crippen molar-refractivity contribution in [2.75, 3.05) is 26.1 Å². The van der Waals surface area contributed by atoms with Crippen LogP contribution in [0.25, 0.3) is 0 Å². The number of benzene rings is 2. The van der Waals surface area contributed by atoms with Gasteiger partial charge in [-0.1, -0.05) is 64.1 Å². The van der Waals surface area contributed by atoms with Gasteiger partial charge in [0.1, 0.15) is 5.75 Å². The lowest BCUT2D eigenvalue weighted by Gasteiger charge is -2.30. The number of aliphatic hydroxyl groups is 1. The van der Waals surface area contributed by atoms with E-state index >= 15 is 0 Å². The number of hydrogen-bond donors (Lipinski definition) is 4. The number of amides is 1. The average molecular weight is 528 g/mol. The van der Waals surface area contributed by atoms with Crippen LogP contribution in [0.5, 0.6) is 5.75 Å². The molecule has 2 aromatic carbocycles. The molecule has 0 aliphatic rings. The second-order valence-electron chi connectivity index (χ2n) is 11.0. The van der Waals surface area contributed by atoms with Crippen LogP contribution in [0, 0.1) is 23.7 Å². The summed E-state index contributed by atoms with van der Waals surface area (Å²) in [4.78, 5) is 13.0. The average Bonchev–Trinajstić information content (AvgIpc) is 2.89. The molecular weight excluding hydrogens is 478 g/mol. The molecule has 2 aromatic rings. The SMILES string of the molecule is COCCCOc1cc(C[C@@H](C[C@H](N)[C@@H](O)C[C@H](C(=O)NCc2ccccc2)C(C)C)C(C)C)ccc1N.